The Labute approximate surface area is 224 Å². The molecule has 0 aliphatic heterocycles. The lowest BCUT2D eigenvalue weighted by atomic mass is 9.99. The van der Waals surface area contributed by atoms with E-state index in [1.54, 1.807) is 36.4 Å². The first-order valence-corrected chi connectivity index (χ1v) is 11.9. The summed E-state index contributed by atoms with van der Waals surface area (Å²) in [5.74, 6) is -0.724. The molecular weight excluding hydrogens is 546 g/mol. The zero-order valence-electron chi connectivity index (χ0n) is 19.7. The lowest BCUT2D eigenvalue weighted by Crippen LogP contribution is -2.37. The number of rotatable bonds is 7. The highest BCUT2D eigenvalue weighted by Gasteiger charge is 2.39. The second-order valence-corrected chi connectivity index (χ2v) is 9.17. The minimum Gasteiger partial charge on any atom is -0.465 e. The number of alkyl halides is 3. The molecule has 12 heteroatoms. The van der Waals surface area contributed by atoms with Gasteiger partial charge in [-0.25, -0.2) is 14.3 Å². The molecule has 1 N–H and O–H groups in total. The first-order chi connectivity index (χ1) is 18.0. The minimum absolute atomic E-state index is 0.0922. The van der Waals surface area contributed by atoms with Crippen LogP contribution in [0.15, 0.2) is 71.5 Å². The predicted octanol–water partition coefficient (Wildman–Crippen LogP) is 5.44. The molecule has 4 aromatic rings. The fourth-order valence-corrected chi connectivity index (χ4v) is 4.21. The summed E-state index contributed by atoms with van der Waals surface area (Å²) < 4.78 is 46.0. The van der Waals surface area contributed by atoms with Gasteiger partial charge in [-0.3, -0.25) is 4.57 Å². The van der Waals surface area contributed by atoms with Gasteiger partial charge >= 0.3 is 17.8 Å². The molecule has 1 atom stereocenters. The van der Waals surface area contributed by atoms with Gasteiger partial charge in [0.1, 0.15) is 0 Å². The van der Waals surface area contributed by atoms with Crippen LogP contribution in [0.2, 0.25) is 10.0 Å². The molecule has 7 nitrogen and oxygen atoms in total. The highest BCUT2D eigenvalue weighted by Crippen LogP contribution is 2.30. The van der Waals surface area contributed by atoms with Crippen LogP contribution >= 0.6 is 23.2 Å². The second-order valence-electron chi connectivity index (χ2n) is 8.33. The van der Waals surface area contributed by atoms with Crippen molar-refractivity contribution in [2.75, 3.05) is 7.11 Å². The van der Waals surface area contributed by atoms with Crippen molar-refractivity contribution in [3.8, 4) is 22.5 Å². The molecule has 38 heavy (non-hydrogen) atoms. The van der Waals surface area contributed by atoms with Gasteiger partial charge in [0.15, 0.2) is 11.9 Å². The first kappa shape index (κ1) is 27.4. The molecular formula is C26H20Cl2F3N3O4. The Hall–Kier alpha value is -3.60. The van der Waals surface area contributed by atoms with E-state index >= 15 is 0 Å². The van der Waals surface area contributed by atoms with Crippen LogP contribution in [0.1, 0.15) is 15.9 Å². The Morgan fingerprint density at radius 3 is 2.37 bits per heavy atom. The molecule has 0 radical (unpaired) electrons. The van der Waals surface area contributed by atoms with Gasteiger partial charge in [-0.2, -0.15) is 13.2 Å². The van der Waals surface area contributed by atoms with Gasteiger partial charge < -0.3 is 9.84 Å². The van der Waals surface area contributed by atoms with Crippen LogP contribution in [0, 0.1) is 0 Å². The number of aliphatic hydroxyl groups is 1. The molecule has 0 amide bonds. The first-order valence-electron chi connectivity index (χ1n) is 11.1. The van der Waals surface area contributed by atoms with Gasteiger partial charge in [0.25, 0.3) is 0 Å². The Kier molecular flexibility index (Phi) is 7.96. The predicted molar refractivity (Wildman–Crippen MR) is 136 cm³/mol. The molecule has 3 aromatic carbocycles. The highest BCUT2D eigenvalue weighted by molar-refractivity contribution is 6.33. The minimum atomic E-state index is -4.95. The molecule has 0 spiro atoms. The zero-order valence-corrected chi connectivity index (χ0v) is 21.3. The Morgan fingerprint density at radius 1 is 1.05 bits per heavy atom. The van der Waals surface area contributed by atoms with Crippen LogP contribution in [0.3, 0.4) is 0 Å². The Bertz CT molecular complexity index is 1530. The maximum atomic E-state index is 13.2. The van der Waals surface area contributed by atoms with Gasteiger partial charge in [0, 0.05) is 21.2 Å². The summed E-state index contributed by atoms with van der Waals surface area (Å²) in [6.45, 7) is -1.26. The van der Waals surface area contributed by atoms with Gasteiger partial charge in [0.05, 0.1) is 25.8 Å². The number of methoxy groups -OCH3 is 1. The van der Waals surface area contributed by atoms with Crippen molar-refractivity contribution in [1.29, 1.82) is 0 Å². The van der Waals surface area contributed by atoms with Gasteiger partial charge in [-0.15, -0.1) is 5.10 Å². The van der Waals surface area contributed by atoms with E-state index < -0.39 is 30.5 Å². The van der Waals surface area contributed by atoms with E-state index in [4.69, 9.17) is 27.9 Å². The third-order valence-electron chi connectivity index (χ3n) is 5.69. The van der Waals surface area contributed by atoms with Crippen molar-refractivity contribution in [1.82, 2.24) is 14.3 Å². The number of aliphatic hydroxyl groups excluding tert-OH is 1. The average Bonchev–Trinajstić information content (AvgIpc) is 3.18. The largest absolute Gasteiger partial charge is 0.465 e. The van der Waals surface area contributed by atoms with E-state index in [9.17, 15) is 27.9 Å². The SMILES string of the molecule is COC(=O)c1cc(Cn2nc(-c3ccc(Cl)cc3)n(C[C@H](O)C(F)(F)F)c2=O)cc(-c2ccccc2Cl)c1. The summed E-state index contributed by atoms with van der Waals surface area (Å²) in [5.41, 5.74) is 1.23. The number of benzene rings is 3. The van der Waals surface area contributed by atoms with E-state index in [2.05, 4.69) is 5.10 Å². The van der Waals surface area contributed by atoms with E-state index in [1.807, 2.05) is 0 Å². The highest BCUT2D eigenvalue weighted by atomic mass is 35.5. The summed E-state index contributed by atoms with van der Waals surface area (Å²) in [7, 11) is 1.22. The number of ether oxygens (including phenoxy) is 1. The molecule has 198 valence electrons. The number of hydrogen-bond acceptors (Lipinski definition) is 5. The topological polar surface area (TPSA) is 86.3 Å². The molecule has 1 heterocycles. The van der Waals surface area contributed by atoms with Crippen molar-refractivity contribution < 1.29 is 27.8 Å². The van der Waals surface area contributed by atoms with E-state index in [1.165, 1.54) is 37.4 Å². The van der Waals surface area contributed by atoms with Crippen LogP contribution in [-0.2, 0) is 17.8 Å². The van der Waals surface area contributed by atoms with Crippen molar-refractivity contribution in [2.45, 2.75) is 25.4 Å². The van der Waals surface area contributed by atoms with Crippen molar-refractivity contribution in [3.63, 3.8) is 0 Å². The van der Waals surface area contributed by atoms with E-state index in [0.29, 0.717) is 32.3 Å². The maximum absolute atomic E-state index is 13.2. The average molecular weight is 566 g/mol. The zero-order chi connectivity index (χ0) is 27.6. The Balaban J connectivity index is 1.82. The molecule has 0 saturated heterocycles. The number of aromatic nitrogens is 3. The normalized spacial score (nSPS) is 12.4. The van der Waals surface area contributed by atoms with Gasteiger partial charge in [0.2, 0.25) is 0 Å². The smallest absolute Gasteiger partial charge is 0.416 e. The van der Waals surface area contributed by atoms with E-state index in [0.717, 1.165) is 9.25 Å². The number of hydrogen-bond donors (Lipinski definition) is 1. The number of halogens is 5. The standard InChI is InChI=1S/C26H20Cl2F3N3O4/c1-38-24(36)18-11-15(10-17(12-18)20-4-2-3-5-21(20)28)13-34-25(37)33(14-22(35)26(29,30)31)23(32-34)16-6-8-19(27)9-7-16/h2-12,22,35H,13-14H2,1H3/t22-/m0/s1. The van der Waals surface area contributed by atoms with Crippen LogP contribution < -0.4 is 5.69 Å². The number of carbonyl (C=O) groups is 1. The molecule has 0 bridgehead atoms. The van der Waals surface area contributed by atoms with Crippen LogP contribution in [0.5, 0.6) is 0 Å². The van der Waals surface area contributed by atoms with Crippen molar-refractivity contribution >= 4 is 29.2 Å². The quantitative estimate of drug-likeness (QED) is 0.301. The van der Waals surface area contributed by atoms with Crippen LogP contribution in [-0.4, -0.2) is 44.8 Å². The lowest BCUT2D eigenvalue weighted by Gasteiger charge is -2.15. The van der Waals surface area contributed by atoms with Crippen LogP contribution in [0.4, 0.5) is 13.2 Å². The van der Waals surface area contributed by atoms with Gasteiger partial charge in [-0.05, 0) is 59.7 Å². The van der Waals surface area contributed by atoms with Crippen LogP contribution in [0.25, 0.3) is 22.5 Å². The Morgan fingerprint density at radius 2 is 1.74 bits per heavy atom. The number of esters is 1. The maximum Gasteiger partial charge on any atom is 0.416 e. The van der Waals surface area contributed by atoms with Crippen molar-refractivity contribution in [2.24, 2.45) is 0 Å². The van der Waals surface area contributed by atoms with Crippen molar-refractivity contribution in [3.05, 3.63) is 98.4 Å². The number of nitrogens with zero attached hydrogens (tertiary/aromatic N) is 3. The lowest BCUT2D eigenvalue weighted by molar-refractivity contribution is -0.207. The second kappa shape index (κ2) is 11.0. The third-order valence-corrected chi connectivity index (χ3v) is 6.27. The summed E-state index contributed by atoms with van der Waals surface area (Å²) in [4.78, 5) is 25.6. The molecule has 4 rings (SSSR count). The number of carbonyl (C=O) groups excluding carboxylic acids is 1. The third kappa shape index (κ3) is 5.93. The molecule has 0 unspecified atom stereocenters. The fourth-order valence-electron chi connectivity index (χ4n) is 3.84. The summed E-state index contributed by atoms with van der Waals surface area (Å²) in [6.07, 6.45) is -7.74. The molecule has 0 aliphatic rings. The molecule has 0 saturated carbocycles. The summed E-state index contributed by atoms with van der Waals surface area (Å²) in [5, 5.41) is 14.7. The van der Waals surface area contributed by atoms with E-state index in [-0.39, 0.29) is 17.9 Å². The molecule has 1 aromatic heterocycles. The molecule has 0 aliphatic carbocycles. The monoisotopic (exact) mass is 565 g/mol. The summed E-state index contributed by atoms with van der Waals surface area (Å²) >= 11 is 12.3. The van der Waals surface area contributed by atoms with Gasteiger partial charge in [-0.1, -0.05) is 41.4 Å². The fraction of sp³-hybridized carbons (Fsp3) is 0.192. The summed E-state index contributed by atoms with van der Waals surface area (Å²) in [6, 6.07) is 17.7. The molecule has 0 fully saturated rings.